The Kier molecular flexibility index (Phi) is 5.96. The highest BCUT2D eigenvalue weighted by Gasteiger charge is 2.19. The molecule has 0 saturated carbocycles. The standard InChI is InChI=1S/C48H30N2O/c1-2-11-31(12-3-1)32-21-25-35(26-22-32)49-42-17-7-4-13-36(42)38-27-23-33(29-45(38)49)34-24-28-39-37-14-5-8-18-43(37)50(46(39)30-34)44-19-10-16-41-40-15-6-9-20-47(40)51-48(41)44/h1-30H. The molecule has 238 valence electrons. The molecule has 3 nitrogen and oxygen atoms in total. The molecule has 3 aromatic heterocycles. The number of benzene rings is 8. The Morgan fingerprint density at radius 3 is 1.53 bits per heavy atom. The maximum atomic E-state index is 6.56. The van der Waals surface area contributed by atoms with Crippen LogP contribution < -0.4 is 0 Å². The summed E-state index contributed by atoms with van der Waals surface area (Å²) >= 11 is 0. The van der Waals surface area contributed by atoms with E-state index in [1.54, 1.807) is 0 Å². The summed E-state index contributed by atoms with van der Waals surface area (Å²) in [6, 6.07) is 65.5. The molecule has 8 aromatic carbocycles. The largest absolute Gasteiger partial charge is 0.454 e. The van der Waals surface area contributed by atoms with Crippen molar-refractivity contribution in [1.82, 2.24) is 9.13 Å². The van der Waals surface area contributed by atoms with Crippen LogP contribution in [0.25, 0.3) is 99.2 Å². The predicted octanol–water partition coefficient (Wildman–Crippen LogP) is 13.1. The van der Waals surface area contributed by atoms with Crippen molar-refractivity contribution in [1.29, 1.82) is 0 Å². The number of para-hydroxylation sites is 4. The lowest BCUT2D eigenvalue weighted by molar-refractivity contribution is 0.666. The molecule has 0 unspecified atom stereocenters. The third-order valence-electron chi connectivity index (χ3n) is 10.5. The number of furan rings is 1. The fourth-order valence-corrected chi connectivity index (χ4v) is 8.18. The summed E-state index contributed by atoms with van der Waals surface area (Å²) in [5, 5.41) is 7.20. The minimum atomic E-state index is 0.899. The Morgan fingerprint density at radius 2 is 0.824 bits per heavy atom. The highest BCUT2D eigenvalue weighted by Crippen LogP contribution is 2.40. The number of aromatic nitrogens is 2. The van der Waals surface area contributed by atoms with Gasteiger partial charge in [0.25, 0.3) is 0 Å². The van der Waals surface area contributed by atoms with Crippen LogP contribution in [0.5, 0.6) is 0 Å². The van der Waals surface area contributed by atoms with Gasteiger partial charge < -0.3 is 13.6 Å². The Hall–Kier alpha value is -6.84. The number of hydrogen-bond acceptors (Lipinski definition) is 1. The molecule has 0 fully saturated rings. The third-order valence-corrected chi connectivity index (χ3v) is 10.5. The van der Waals surface area contributed by atoms with Gasteiger partial charge in [-0.1, -0.05) is 133 Å². The monoisotopic (exact) mass is 650 g/mol. The second kappa shape index (κ2) is 10.8. The summed E-state index contributed by atoms with van der Waals surface area (Å²) in [4.78, 5) is 0. The van der Waals surface area contributed by atoms with Crippen LogP contribution in [0.15, 0.2) is 186 Å². The highest BCUT2D eigenvalue weighted by molar-refractivity contribution is 6.14. The van der Waals surface area contributed by atoms with Gasteiger partial charge in [-0.15, -0.1) is 0 Å². The number of hydrogen-bond donors (Lipinski definition) is 0. The first kappa shape index (κ1) is 28.0. The summed E-state index contributed by atoms with van der Waals surface area (Å²) in [7, 11) is 0. The van der Waals surface area contributed by atoms with E-state index in [9.17, 15) is 0 Å². The van der Waals surface area contributed by atoms with Gasteiger partial charge in [0.05, 0.1) is 27.8 Å². The first-order valence-corrected chi connectivity index (χ1v) is 17.4. The van der Waals surface area contributed by atoms with Crippen molar-refractivity contribution in [2.24, 2.45) is 0 Å². The smallest absolute Gasteiger partial charge is 0.159 e. The molecule has 0 N–H and O–H groups in total. The van der Waals surface area contributed by atoms with Crippen LogP contribution in [-0.2, 0) is 0 Å². The van der Waals surface area contributed by atoms with E-state index in [4.69, 9.17) is 4.42 Å². The Labute approximate surface area is 293 Å². The van der Waals surface area contributed by atoms with Gasteiger partial charge in [0, 0.05) is 38.0 Å². The van der Waals surface area contributed by atoms with Crippen molar-refractivity contribution in [2.45, 2.75) is 0 Å². The fourth-order valence-electron chi connectivity index (χ4n) is 8.18. The van der Waals surface area contributed by atoms with Gasteiger partial charge in [-0.2, -0.15) is 0 Å². The van der Waals surface area contributed by atoms with Crippen LogP contribution in [0.4, 0.5) is 0 Å². The van der Waals surface area contributed by atoms with E-state index >= 15 is 0 Å². The molecule has 0 radical (unpaired) electrons. The van der Waals surface area contributed by atoms with Gasteiger partial charge in [0.15, 0.2) is 5.58 Å². The van der Waals surface area contributed by atoms with Gasteiger partial charge in [0.1, 0.15) is 5.58 Å². The molecule has 0 amide bonds. The summed E-state index contributed by atoms with van der Waals surface area (Å²) in [5.74, 6) is 0. The summed E-state index contributed by atoms with van der Waals surface area (Å²) in [5.41, 5.74) is 13.5. The van der Waals surface area contributed by atoms with E-state index in [2.05, 4.69) is 185 Å². The molecular formula is C48H30N2O. The van der Waals surface area contributed by atoms with E-state index < -0.39 is 0 Å². The van der Waals surface area contributed by atoms with Crippen LogP contribution in [0.1, 0.15) is 0 Å². The lowest BCUT2D eigenvalue weighted by Crippen LogP contribution is -1.95. The van der Waals surface area contributed by atoms with Crippen LogP contribution in [0.3, 0.4) is 0 Å². The Morgan fingerprint density at radius 1 is 0.314 bits per heavy atom. The van der Waals surface area contributed by atoms with Gasteiger partial charge >= 0.3 is 0 Å². The average molecular weight is 651 g/mol. The minimum Gasteiger partial charge on any atom is -0.454 e. The summed E-state index contributed by atoms with van der Waals surface area (Å²) < 4.78 is 11.3. The van der Waals surface area contributed by atoms with E-state index in [0.717, 1.165) is 44.3 Å². The van der Waals surface area contributed by atoms with Crippen LogP contribution in [0.2, 0.25) is 0 Å². The Bertz CT molecular complexity index is 3120. The molecule has 11 rings (SSSR count). The molecule has 0 bridgehead atoms. The first-order chi connectivity index (χ1) is 25.3. The Balaban J connectivity index is 1.12. The van der Waals surface area contributed by atoms with E-state index in [1.807, 2.05) is 6.07 Å². The van der Waals surface area contributed by atoms with Crippen LogP contribution in [-0.4, -0.2) is 9.13 Å². The van der Waals surface area contributed by atoms with Crippen LogP contribution >= 0.6 is 0 Å². The lowest BCUT2D eigenvalue weighted by atomic mass is 10.0. The van der Waals surface area contributed by atoms with Gasteiger partial charge in [-0.25, -0.2) is 0 Å². The quantitative estimate of drug-likeness (QED) is 0.186. The molecule has 0 aliphatic carbocycles. The normalized spacial score (nSPS) is 11.9. The third kappa shape index (κ3) is 4.19. The molecule has 51 heavy (non-hydrogen) atoms. The lowest BCUT2D eigenvalue weighted by Gasteiger charge is -2.11. The van der Waals surface area contributed by atoms with Crippen molar-refractivity contribution in [3.8, 4) is 33.6 Å². The average Bonchev–Trinajstić information content (AvgIpc) is 3.85. The highest BCUT2D eigenvalue weighted by atomic mass is 16.3. The van der Waals surface area contributed by atoms with E-state index in [0.29, 0.717) is 0 Å². The maximum Gasteiger partial charge on any atom is 0.159 e. The number of nitrogens with zero attached hydrogens (tertiary/aromatic N) is 2. The summed E-state index contributed by atoms with van der Waals surface area (Å²) in [6.45, 7) is 0. The SMILES string of the molecule is c1ccc(-c2ccc(-n3c4ccccc4c4ccc(-c5ccc6c7ccccc7n(-c7cccc8c7oc7ccccc78)c6c5)cc43)cc2)cc1. The van der Waals surface area contributed by atoms with Crippen molar-refractivity contribution in [3.63, 3.8) is 0 Å². The van der Waals surface area contributed by atoms with Crippen molar-refractivity contribution in [2.75, 3.05) is 0 Å². The van der Waals surface area contributed by atoms with Gasteiger partial charge in [0.2, 0.25) is 0 Å². The molecular weight excluding hydrogens is 621 g/mol. The van der Waals surface area contributed by atoms with Crippen molar-refractivity contribution < 1.29 is 4.42 Å². The molecule has 3 heteroatoms. The topological polar surface area (TPSA) is 23.0 Å². The van der Waals surface area contributed by atoms with Crippen molar-refractivity contribution >= 4 is 65.6 Å². The molecule has 11 aromatic rings. The van der Waals surface area contributed by atoms with Crippen molar-refractivity contribution in [3.05, 3.63) is 182 Å². The minimum absolute atomic E-state index is 0.899. The predicted molar refractivity (Wildman–Crippen MR) is 213 cm³/mol. The zero-order valence-electron chi connectivity index (χ0n) is 27.6. The first-order valence-electron chi connectivity index (χ1n) is 17.4. The number of fused-ring (bicyclic) bond motifs is 9. The zero-order valence-corrected chi connectivity index (χ0v) is 27.6. The summed E-state index contributed by atoms with van der Waals surface area (Å²) in [6.07, 6.45) is 0. The molecule has 3 heterocycles. The molecule has 0 spiro atoms. The molecule has 0 aliphatic heterocycles. The molecule has 0 atom stereocenters. The van der Waals surface area contributed by atoms with Crippen LogP contribution in [0, 0.1) is 0 Å². The maximum absolute atomic E-state index is 6.56. The fraction of sp³-hybridized carbons (Fsp3) is 0. The zero-order chi connectivity index (χ0) is 33.5. The second-order valence-electron chi connectivity index (χ2n) is 13.3. The molecule has 0 saturated heterocycles. The molecule has 0 aliphatic rings. The number of rotatable bonds is 4. The van der Waals surface area contributed by atoms with E-state index in [1.165, 1.54) is 54.8 Å². The second-order valence-corrected chi connectivity index (χ2v) is 13.3. The van der Waals surface area contributed by atoms with E-state index in [-0.39, 0.29) is 0 Å². The van der Waals surface area contributed by atoms with Gasteiger partial charge in [-0.3, -0.25) is 0 Å². The van der Waals surface area contributed by atoms with Gasteiger partial charge in [-0.05, 0) is 70.8 Å².